The molecule has 0 atom stereocenters. The minimum absolute atomic E-state index is 0.489. The maximum absolute atomic E-state index is 11.6. The Kier molecular flexibility index (Phi) is 3.91. The van der Waals surface area contributed by atoms with Crippen molar-refractivity contribution in [3.05, 3.63) is 59.8 Å². The van der Waals surface area contributed by atoms with E-state index in [1.807, 2.05) is 42.5 Å². The highest BCUT2D eigenvalue weighted by atomic mass is 16.5. The molecule has 2 rings (SSSR count). The zero-order chi connectivity index (χ0) is 12.8. The number of methoxy groups -OCH3 is 1. The van der Waals surface area contributed by atoms with Crippen LogP contribution >= 0.6 is 0 Å². The summed E-state index contributed by atoms with van der Waals surface area (Å²) in [7, 11) is 1.34. The van der Waals surface area contributed by atoms with Crippen molar-refractivity contribution in [1.29, 1.82) is 0 Å². The van der Waals surface area contributed by atoms with Gasteiger partial charge in [-0.15, -0.1) is 0 Å². The van der Waals surface area contributed by atoms with E-state index in [9.17, 15) is 4.79 Å². The minimum Gasteiger partial charge on any atom is -0.451 e. The molecule has 0 saturated carbocycles. The lowest BCUT2D eigenvalue weighted by atomic mass is 10.1. The van der Waals surface area contributed by atoms with Gasteiger partial charge in [0.05, 0.1) is 12.8 Å². The summed E-state index contributed by atoms with van der Waals surface area (Å²) in [5.74, 6) is 0. The quantitative estimate of drug-likeness (QED) is 0.800. The van der Waals surface area contributed by atoms with E-state index in [-0.39, 0.29) is 0 Å². The largest absolute Gasteiger partial charge is 0.451 e. The van der Waals surface area contributed by atoms with Crippen LogP contribution < -0.4 is 0 Å². The molecular formula is C14H14N2O2. The molecule has 0 saturated heterocycles. The third-order valence-electron chi connectivity index (χ3n) is 2.52. The van der Waals surface area contributed by atoms with Crippen LogP contribution in [0.25, 0.3) is 0 Å². The van der Waals surface area contributed by atoms with Crippen LogP contribution in [0.1, 0.15) is 5.56 Å². The van der Waals surface area contributed by atoms with Crippen LogP contribution in [0.15, 0.2) is 59.4 Å². The third-order valence-corrected chi connectivity index (χ3v) is 2.52. The molecule has 1 amide bonds. The molecule has 92 valence electrons. The minimum atomic E-state index is -0.489. The number of nitrogens with zero attached hydrogens (tertiary/aromatic N) is 2. The Labute approximate surface area is 106 Å². The fourth-order valence-corrected chi connectivity index (χ4v) is 1.66. The molecule has 4 heteroatoms. The molecule has 4 nitrogen and oxygen atoms in total. The van der Waals surface area contributed by atoms with Crippen molar-refractivity contribution in [2.24, 2.45) is 5.10 Å². The summed E-state index contributed by atoms with van der Waals surface area (Å²) >= 11 is 0. The van der Waals surface area contributed by atoms with Crippen LogP contribution in [0.2, 0.25) is 0 Å². The summed E-state index contributed by atoms with van der Waals surface area (Å²) in [6.07, 6.45) is 7.18. The fraction of sp³-hybridized carbons (Fsp3) is 0.143. The van der Waals surface area contributed by atoms with Crippen LogP contribution in [-0.4, -0.2) is 24.4 Å². The molecule has 1 aliphatic rings. The molecule has 18 heavy (non-hydrogen) atoms. The molecule has 0 N–H and O–H groups in total. The molecule has 0 aliphatic carbocycles. The Morgan fingerprint density at radius 2 is 2.06 bits per heavy atom. The first kappa shape index (κ1) is 12.1. The maximum atomic E-state index is 11.6. The van der Waals surface area contributed by atoms with E-state index < -0.39 is 6.09 Å². The van der Waals surface area contributed by atoms with Crippen molar-refractivity contribution < 1.29 is 9.53 Å². The standard InChI is InChI=1S/C14H14N2O2/c1-18-14(17)16-13(9-5-6-10-15-16)11-12-7-3-2-4-8-12/h2-10H,11H2,1H3. The van der Waals surface area contributed by atoms with E-state index in [0.29, 0.717) is 6.42 Å². The number of hydrazone groups is 1. The topological polar surface area (TPSA) is 41.9 Å². The number of ether oxygens (including phenoxy) is 1. The Balaban J connectivity index is 2.22. The lowest BCUT2D eigenvalue weighted by molar-refractivity contribution is 0.136. The average molecular weight is 242 g/mol. The number of amides is 1. The molecule has 0 unspecified atom stereocenters. The lowest BCUT2D eigenvalue weighted by Gasteiger charge is -2.18. The van der Waals surface area contributed by atoms with Gasteiger partial charge in [-0.2, -0.15) is 10.1 Å². The van der Waals surface area contributed by atoms with Gasteiger partial charge in [-0.25, -0.2) is 4.79 Å². The van der Waals surface area contributed by atoms with E-state index in [0.717, 1.165) is 11.3 Å². The van der Waals surface area contributed by atoms with Gasteiger partial charge in [-0.1, -0.05) is 36.4 Å². The third kappa shape index (κ3) is 2.85. The molecule has 1 aliphatic heterocycles. The average Bonchev–Trinajstić information content (AvgIpc) is 2.64. The Hall–Kier alpha value is -2.36. The number of benzene rings is 1. The monoisotopic (exact) mass is 242 g/mol. The predicted molar refractivity (Wildman–Crippen MR) is 70.1 cm³/mol. The molecule has 1 heterocycles. The second-order valence-electron chi connectivity index (χ2n) is 3.75. The first-order chi connectivity index (χ1) is 8.81. The Morgan fingerprint density at radius 3 is 2.78 bits per heavy atom. The van der Waals surface area contributed by atoms with Gasteiger partial charge in [0, 0.05) is 12.6 Å². The van der Waals surface area contributed by atoms with E-state index in [4.69, 9.17) is 4.74 Å². The van der Waals surface area contributed by atoms with Crippen LogP contribution in [0.4, 0.5) is 4.79 Å². The fourth-order valence-electron chi connectivity index (χ4n) is 1.66. The number of rotatable bonds is 2. The van der Waals surface area contributed by atoms with Crippen LogP contribution in [0, 0.1) is 0 Å². The number of allylic oxidation sites excluding steroid dienone is 4. The summed E-state index contributed by atoms with van der Waals surface area (Å²) in [6, 6.07) is 9.91. The van der Waals surface area contributed by atoms with E-state index in [1.54, 1.807) is 12.3 Å². The van der Waals surface area contributed by atoms with Crippen molar-refractivity contribution in [2.75, 3.05) is 7.11 Å². The smallest absolute Gasteiger partial charge is 0.434 e. The van der Waals surface area contributed by atoms with Gasteiger partial charge in [0.15, 0.2) is 0 Å². The number of carbonyl (C=O) groups is 1. The van der Waals surface area contributed by atoms with Gasteiger partial charge >= 0.3 is 6.09 Å². The first-order valence-electron chi connectivity index (χ1n) is 5.63. The summed E-state index contributed by atoms with van der Waals surface area (Å²) in [5.41, 5.74) is 1.89. The number of carbonyl (C=O) groups excluding carboxylic acids is 1. The molecule has 0 fully saturated rings. The van der Waals surface area contributed by atoms with Crippen molar-refractivity contribution >= 4 is 12.3 Å². The lowest BCUT2D eigenvalue weighted by Crippen LogP contribution is -2.25. The predicted octanol–water partition coefficient (Wildman–Crippen LogP) is 2.74. The summed E-state index contributed by atoms with van der Waals surface area (Å²) in [4.78, 5) is 11.6. The number of hydrogen-bond acceptors (Lipinski definition) is 3. The van der Waals surface area contributed by atoms with Gasteiger partial charge < -0.3 is 4.74 Å². The molecular weight excluding hydrogens is 228 g/mol. The SMILES string of the molecule is COC(=O)N1N=CC=CC=C1Cc1ccccc1. The highest BCUT2D eigenvalue weighted by Crippen LogP contribution is 2.15. The highest BCUT2D eigenvalue weighted by molar-refractivity contribution is 5.77. The molecule has 1 aromatic rings. The highest BCUT2D eigenvalue weighted by Gasteiger charge is 2.18. The van der Waals surface area contributed by atoms with E-state index in [2.05, 4.69) is 5.10 Å². The van der Waals surface area contributed by atoms with Gasteiger partial charge in [0.25, 0.3) is 0 Å². The van der Waals surface area contributed by atoms with E-state index in [1.165, 1.54) is 12.1 Å². The normalized spacial score (nSPS) is 14.1. The van der Waals surface area contributed by atoms with Crippen molar-refractivity contribution in [3.63, 3.8) is 0 Å². The van der Waals surface area contributed by atoms with Gasteiger partial charge in [-0.3, -0.25) is 0 Å². The zero-order valence-electron chi connectivity index (χ0n) is 10.1. The zero-order valence-corrected chi connectivity index (χ0v) is 10.1. The first-order valence-corrected chi connectivity index (χ1v) is 5.63. The van der Waals surface area contributed by atoms with Crippen molar-refractivity contribution in [3.8, 4) is 0 Å². The van der Waals surface area contributed by atoms with Gasteiger partial charge in [-0.05, 0) is 17.7 Å². The van der Waals surface area contributed by atoms with E-state index >= 15 is 0 Å². The molecule has 0 aromatic heterocycles. The summed E-state index contributed by atoms with van der Waals surface area (Å²) in [5, 5.41) is 5.32. The van der Waals surface area contributed by atoms with Crippen molar-refractivity contribution in [2.45, 2.75) is 6.42 Å². The summed E-state index contributed by atoms with van der Waals surface area (Å²) < 4.78 is 4.72. The molecule has 0 bridgehead atoms. The van der Waals surface area contributed by atoms with Gasteiger partial charge in [0.1, 0.15) is 0 Å². The number of hydrogen-bond donors (Lipinski definition) is 0. The van der Waals surface area contributed by atoms with Crippen molar-refractivity contribution in [1.82, 2.24) is 5.01 Å². The summed E-state index contributed by atoms with van der Waals surface area (Å²) in [6.45, 7) is 0. The van der Waals surface area contributed by atoms with Crippen LogP contribution in [0.5, 0.6) is 0 Å². The van der Waals surface area contributed by atoms with Crippen LogP contribution in [-0.2, 0) is 11.2 Å². The molecule has 1 aromatic carbocycles. The molecule has 0 spiro atoms. The van der Waals surface area contributed by atoms with Gasteiger partial charge in [0.2, 0.25) is 0 Å². The second kappa shape index (κ2) is 5.82. The Morgan fingerprint density at radius 1 is 1.28 bits per heavy atom. The maximum Gasteiger partial charge on any atom is 0.434 e. The Bertz CT molecular complexity index is 504. The van der Waals surface area contributed by atoms with Crippen LogP contribution in [0.3, 0.4) is 0 Å². The molecule has 0 radical (unpaired) electrons. The second-order valence-corrected chi connectivity index (χ2v) is 3.75.